The van der Waals surface area contributed by atoms with Crippen LogP contribution >= 0.6 is 0 Å². The van der Waals surface area contributed by atoms with Crippen molar-refractivity contribution in [1.82, 2.24) is 14.9 Å². The summed E-state index contributed by atoms with van der Waals surface area (Å²) in [6.45, 7) is 3.38. The largest absolute Gasteiger partial charge is 0.497 e. The van der Waals surface area contributed by atoms with Crippen LogP contribution in [0.2, 0.25) is 0 Å². The smallest absolute Gasteiger partial charge is 0.271 e. The Balaban J connectivity index is 1.79. The van der Waals surface area contributed by atoms with Crippen molar-refractivity contribution in [2.24, 2.45) is 0 Å². The molecule has 34 heavy (non-hydrogen) atoms. The van der Waals surface area contributed by atoms with E-state index in [4.69, 9.17) is 14.0 Å². The van der Waals surface area contributed by atoms with Crippen LogP contribution in [0.4, 0.5) is 5.69 Å². The number of nitrogens with one attached hydrogen (secondary N) is 1. The summed E-state index contributed by atoms with van der Waals surface area (Å²) in [5.74, 6) is 1.09. The summed E-state index contributed by atoms with van der Waals surface area (Å²) in [5, 5.41) is 8.29. The number of methoxy groups -OCH3 is 2. The summed E-state index contributed by atoms with van der Waals surface area (Å²) in [6, 6.07) is 14.0. The summed E-state index contributed by atoms with van der Waals surface area (Å²) < 4.78 is 45.8. The Labute approximate surface area is 195 Å². The third-order valence-electron chi connectivity index (χ3n) is 5.08. The quantitative estimate of drug-likeness (QED) is 0.425. The number of hydrogen-bond acceptors (Lipinski definition) is 8. The van der Waals surface area contributed by atoms with Gasteiger partial charge in [0.1, 0.15) is 27.8 Å². The second kappa shape index (κ2) is 9.02. The predicted molar refractivity (Wildman–Crippen MR) is 125 cm³/mol. The van der Waals surface area contributed by atoms with Gasteiger partial charge in [-0.2, -0.15) is 9.78 Å². The first kappa shape index (κ1) is 23.1. The number of sulfonamides is 1. The van der Waals surface area contributed by atoms with Crippen LogP contribution in [0.5, 0.6) is 11.5 Å². The normalized spacial score (nSPS) is 11.3. The van der Waals surface area contributed by atoms with Gasteiger partial charge in [-0.3, -0.25) is 9.52 Å². The number of rotatable bonds is 7. The molecule has 176 valence electrons. The van der Waals surface area contributed by atoms with E-state index in [9.17, 15) is 13.2 Å². The molecule has 0 spiro atoms. The Kier molecular flexibility index (Phi) is 6.12. The van der Waals surface area contributed by atoms with Gasteiger partial charge in [-0.05, 0) is 50.2 Å². The number of ether oxygens (including phenoxy) is 2. The molecule has 4 rings (SSSR count). The highest BCUT2D eigenvalue weighted by molar-refractivity contribution is 7.92. The van der Waals surface area contributed by atoms with E-state index in [0.29, 0.717) is 39.8 Å². The number of aryl methyl sites for hydroxylation is 2. The fourth-order valence-corrected chi connectivity index (χ4v) is 4.69. The molecule has 0 bridgehead atoms. The molecule has 0 saturated carbocycles. The monoisotopic (exact) mass is 482 g/mol. The van der Waals surface area contributed by atoms with Crippen LogP contribution in [0.1, 0.15) is 11.5 Å². The van der Waals surface area contributed by atoms with Gasteiger partial charge in [0.15, 0.2) is 5.76 Å². The zero-order valence-corrected chi connectivity index (χ0v) is 19.7. The number of anilines is 1. The lowest BCUT2D eigenvalue weighted by atomic mass is 10.1. The molecule has 0 atom stereocenters. The number of benzene rings is 2. The molecule has 4 aromatic rings. The Morgan fingerprint density at radius 2 is 1.79 bits per heavy atom. The maximum atomic E-state index is 13.2. The topological polar surface area (TPSA) is 126 Å². The van der Waals surface area contributed by atoms with Gasteiger partial charge in [0.05, 0.1) is 25.6 Å². The van der Waals surface area contributed by atoms with E-state index in [1.165, 1.54) is 43.2 Å². The highest BCUT2D eigenvalue weighted by Gasteiger charge is 2.22. The average molecular weight is 483 g/mol. The van der Waals surface area contributed by atoms with Gasteiger partial charge in [0.2, 0.25) is 0 Å². The first-order valence-corrected chi connectivity index (χ1v) is 11.6. The summed E-state index contributed by atoms with van der Waals surface area (Å²) in [5.41, 5.74) is 1.74. The van der Waals surface area contributed by atoms with E-state index in [-0.39, 0.29) is 16.2 Å². The molecule has 0 aliphatic carbocycles. The second-order valence-corrected chi connectivity index (χ2v) is 9.00. The molecular formula is C23H22N4O6S. The van der Waals surface area contributed by atoms with Gasteiger partial charge in [-0.1, -0.05) is 11.2 Å². The molecule has 10 nitrogen and oxygen atoms in total. The molecule has 0 aliphatic rings. The van der Waals surface area contributed by atoms with Crippen LogP contribution < -0.4 is 19.8 Å². The summed E-state index contributed by atoms with van der Waals surface area (Å²) >= 11 is 0. The molecule has 0 unspecified atom stereocenters. The molecule has 0 radical (unpaired) electrons. The third kappa shape index (κ3) is 4.37. The molecular weight excluding hydrogens is 460 g/mol. The van der Waals surface area contributed by atoms with Crippen LogP contribution in [0.25, 0.3) is 16.9 Å². The zero-order valence-electron chi connectivity index (χ0n) is 18.9. The first-order chi connectivity index (χ1) is 16.2. The molecule has 2 heterocycles. The van der Waals surface area contributed by atoms with E-state index in [1.54, 1.807) is 44.2 Å². The molecule has 0 saturated heterocycles. The van der Waals surface area contributed by atoms with E-state index < -0.39 is 10.0 Å². The standard InChI is InChI=1S/C23H22N4O6S/c1-14-23(15(2)33-25-14)27-22(28)11-9-19(24-27)16-8-10-20(32-4)21(12-16)34(29,30)26-17-6-5-7-18(13-17)31-3/h5-13,26H,1-4H3. The van der Waals surface area contributed by atoms with E-state index in [0.717, 1.165) is 0 Å². The van der Waals surface area contributed by atoms with Crippen molar-refractivity contribution in [3.05, 3.63) is 76.4 Å². The van der Waals surface area contributed by atoms with Crippen molar-refractivity contribution in [2.75, 3.05) is 18.9 Å². The zero-order chi connectivity index (χ0) is 24.5. The highest BCUT2D eigenvalue weighted by atomic mass is 32.2. The number of nitrogens with zero attached hydrogens (tertiary/aromatic N) is 3. The minimum absolute atomic E-state index is 0.0905. The maximum absolute atomic E-state index is 13.2. The molecule has 0 aliphatic heterocycles. The highest BCUT2D eigenvalue weighted by Crippen LogP contribution is 2.31. The Hall–Kier alpha value is -4.12. The Morgan fingerprint density at radius 1 is 1.00 bits per heavy atom. The van der Waals surface area contributed by atoms with E-state index in [2.05, 4.69) is 15.0 Å². The Bertz CT molecular complexity index is 1510. The van der Waals surface area contributed by atoms with Crippen molar-refractivity contribution >= 4 is 15.7 Å². The fourth-order valence-electron chi connectivity index (χ4n) is 3.45. The molecule has 0 fully saturated rings. The van der Waals surface area contributed by atoms with Crippen LogP contribution in [0.3, 0.4) is 0 Å². The van der Waals surface area contributed by atoms with Gasteiger partial charge >= 0.3 is 0 Å². The summed E-state index contributed by atoms with van der Waals surface area (Å²) in [6.07, 6.45) is 0. The second-order valence-electron chi connectivity index (χ2n) is 7.34. The molecule has 1 N–H and O–H groups in total. The van der Waals surface area contributed by atoms with E-state index in [1.807, 2.05) is 0 Å². The minimum atomic E-state index is -4.04. The summed E-state index contributed by atoms with van der Waals surface area (Å²) in [4.78, 5) is 12.4. The number of aromatic nitrogens is 3. The van der Waals surface area contributed by atoms with Gasteiger partial charge in [0, 0.05) is 17.7 Å². The van der Waals surface area contributed by atoms with Gasteiger partial charge in [-0.15, -0.1) is 0 Å². The van der Waals surface area contributed by atoms with Crippen molar-refractivity contribution < 1.29 is 22.4 Å². The minimum Gasteiger partial charge on any atom is -0.497 e. The molecule has 0 amide bonds. The van der Waals surface area contributed by atoms with Gasteiger partial charge in [0.25, 0.3) is 15.6 Å². The lowest BCUT2D eigenvalue weighted by Crippen LogP contribution is -2.21. The maximum Gasteiger partial charge on any atom is 0.271 e. The van der Waals surface area contributed by atoms with Crippen molar-refractivity contribution in [3.8, 4) is 28.4 Å². The number of hydrogen-bond donors (Lipinski definition) is 1. The summed E-state index contributed by atoms with van der Waals surface area (Å²) in [7, 11) is -1.16. The van der Waals surface area contributed by atoms with Crippen LogP contribution in [0, 0.1) is 13.8 Å². The Morgan fingerprint density at radius 3 is 2.47 bits per heavy atom. The lowest BCUT2D eigenvalue weighted by Gasteiger charge is -2.14. The predicted octanol–water partition coefficient (Wildman–Crippen LogP) is 3.32. The van der Waals surface area contributed by atoms with Crippen LogP contribution in [-0.4, -0.2) is 37.6 Å². The van der Waals surface area contributed by atoms with Gasteiger partial charge in [-0.25, -0.2) is 8.42 Å². The molecule has 2 aromatic carbocycles. The average Bonchev–Trinajstić information content (AvgIpc) is 3.16. The fraction of sp³-hybridized carbons (Fsp3) is 0.174. The SMILES string of the molecule is COc1cccc(NS(=O)(=O)c2cc(-c3ccc(=O)n(-c4c(C)noc4C)n3)ccc2OC)c1. The van der Waals surface area contributed by atoms with Crippen molar-refractivity contribution in [3.63, 3.8) is 0 Å². The lowest BCUT2D eigenvalue weighted by molar-refractivity contribution is 0.392. The third-order valence-corrected chi connectivity index (χ3v) is 6.48. The molecule has 11 heteroatoms. The van der Waals surface area contributed by atoms with E-state index >= 15 is 0 Å². The van der Waals surface area contributed by atoms with Crippen LogP contribution in [-0.2, 0) is 10.0 Å². The van der Waals surface area contributed by atoms with Crippen molar-refractivity contribution in [2.45, 2.75) is 18.7 Å². The van der Waals surface area contributed by atoms with Crippen LogP contribution in [0.15, 0.2) is 68.8 Å². The van der Waals surface area contributed by atoms with Crippen molar-refractivity contribution in [1.29, 1.82) is 0 Å². The molecule has 2 aromatic heterocycles. The first-order valence-electron chi connectivity index (χ1n) is 10.1. The van der Waals surface area contributed by atoms with Gasteiger partial charge < -0.3 is 14.0 Å².